The van der Waals surface area contributed by atoms with Gasteiger partial charge in [0.2, 0.25) is 5.91 Å². The lowest BCUT2D eigenvalue weighted by Gasteiger charge is -2.15. The highest BCUT2D eigenvalue weighted by Crippen LogP contribution is 2.31. The number of rotatable bonds is 6. The Labute approximate surface area is 184 Å². The van der Waals surface area contributed by atoms with Crippen molar-refractivity contribution in [2.45, 2.75) is 5.92 Å². The quantitative estimate of drug-likeness (QED) is 0.350. The molecule has 1 aliphatic heterocycles. The summed E-state index contributed by atoms with van der Waals surface area (Å²) in [7, 11) is 1.55. The first-order valence-electron chi connectivity index (χ1n) is 9.66. The van der Waals surface area contributed by atoms with Gasteiger partial charge in [-0.25, -0.2) is 5.43 Å². The van der Waals surface area contributed by atoms with E-state index in [1.807, 2.05) is 36.4 Å². The van der Waals surface area contributed by atoms with Crippen LogP contribution >= 0.6 is 11.6 Å². The fourth-order valence-corrected chi connectivity index (χ4v) is 3.82. The topological polar surface area (TPSA) is 92.9 Å². The van der Waals surface area contributed by atoms with E-state index in [-0.39, 0.29) is 11.8 Å². The number of nitrogens with zero attached hydrogens (tertiary/aromatic N) is 1. The van der Waals surface area contributed by atoms with Crippen molar-refractivity contribution in [2.75, 3.05) is 13.7 Å². The number of carbonyl (C=O) groups is 2. The zero-order chi connectivity index (χ0) is 21.8. The molecule has 8 heteroatoms. The van der Waals surface area contributed by atoms with Crippen LogP contribution in [0.15, 0.2) is 70.2 Å². The second-order valence-electron chi connectivity index (χ2n) is 7.03. The molecule has 2 heterocycles. The summed E-state index contributed by atoms with van der Waals surface area (Å²) in [5.41, 5.74) is 4.16. The predicted molar refractivity (Wildman–Crippen MR) is 117 cm³/mol. The van der Waals surface area contributed by atoms with Gasteiger partial charge in [-0.15, -0.1) is 0 Å². The van der Waals surface area contributed by atoms with Crippen molar-refractivity contribution in [3.63, 3.8) is 0 Å². The zero-order valence-corrected chi connectivity index (χ0v) is 17.4. The van der Waals surface area contributed by atoms with Crippen LogP contribution < -0.4 is 15.5 Å². The number of ether oxygens (including phenoxy) is 1. The highest BCUT2D eigenvalue weighted by molar-refractivity contribution is 6.32. The summed E-state index contributed by atoms with van der Waals surface area (Å²) in [6.07, 6.45) is 1.39. The number of benzene rings is 2. The van der Waals surface area contributed by atoms with Crippen LogP contribution in [0.2, 0.25) is 5.02 Å². The van der Waals surface area contributed by atoms with Crippen molar-refractivity contribution < 1.29 is 18.7 Å². The Morgan fingerprint density at radius 1 is 1.23 bits per heavy atom. The molecule has 2 aromatic carbocycles. The fourth-order valence-electron chi connectivity index (χ4n) is 3.56. The molecular formula is C23H20ClN3O4. The van der Waals surface area contributed by atoms with Crippen molar-refractivity contribution in [3.05, 3.63) is 77.0 Å². The van der Waals surface area contributed by atoms with Crippen LogP contribution in [0.5, 0.6) is 5.75 Å². The van der Waals surface area contributed by atoms with Crippen molar-refractivity contribution in [1.82, 2.24) is 10.7 Å². The van der Waals surface area contributed by atoms with Crippen molar-refractivity contribution in [3.8, 4) is 17.1 Å². The number of halogens is 1. The smallest absolute Gasteiger partial charge is 0.253 e. The zero-order valence-electron chi connectivity index (χ0n) is 16.7. The summed E-state index contributed by atoms with van der Waals surface area (Å²) in [4.78, 5) is 24.8. The molecule has 2 N–H and O–H groups in total. The van der Waals surface area contributed by atoms with Gasteiger partial charge in [0.1, 0.15) is 23.2 Å². The van der Waals surface area contributed by atoms with Crippen LogP contribution in [0.1, 0.15) is 17.2 Å². The minimum Gasteiger partial charge on any atom is -0.495 e. The second kappa shape index (κ2) is 9.06. The molecule has 0 spiro atoms. The van der Waals surface area contributed by atoms with Gasteiger partial charge in [-0.2, -0.15) is 5.10 Å². The van der Waals surface area contributed by atoms with E-state index in [0.29, 0.717) is 28.8 Å². The van der Waals surface area contributed by atoms with Gasteiger partial charge >= 0.3 is 0 Å². The average molecular weight is 438 g/mol. The molecule has 1 aliphatic rings. The van der Waals surface area contributed by atoms with Gasteiger partial charge in [0.25, 0.3) is 5.91 Å². The number of furan rings is 1. The fraction of sp³-hybridized carbons (Fsp3) is 0.174. The van der Waals surface area contributed by atoms with E-state index in [0.717, 1.165) is 11.1 Å². The monoisotopic (exact) mass is 437 g/mol. The Kier molecular flexibility index (Phi) is 6.04. The highest BCUT2D eigenvalue weighted by atomic mass is 35.5. The van der Waals surface area contributed by atoms with Gasteiger partial charge in [0.15, 0.2) is 0 Å². The Morgan fingerprint density at radius 2 is 2.03 bits per heavy atom. The van der Waals surface area contributed by atoms with Gasteiger partial charge in [0, 0.05) is 18.0 Å². The second-order valence-corrected chi connectivity index (χ2v) is 7.43. The number of amides is 2. The van der Waals surface area contributed by atoms with Crippen LogP contribution in [-0.4, -0.2) is 31.7 Å². The SMILES string of the molecule is COc1ccc(-c2ccc(C=NNC(=O)C3C(=O)NCC3c3ccccc3)o2)cc1Cl. The summed E-state index contributed by atoms with van der Waals surface area (Å²) in [6.45, 7) is 0.413. The van der Waals surface area contributed by atoms with Crippen LogP contribution in [0.3, 0.4) is 0 Å². The third-order valence-corrected chi connectivity index (χ3v) is 5.42. The number of methoxy groups -OCH3 is 1. The van der Waals surface area contributed by atoms with Crippen LogP contribution in [-0.2, 0) is 9.59 Å². The maximum absolute atomic E-state index is 12.6. The molecule has 2 amide bonds. The summed E-state index contributed by atoms with van der Waals surface area (Å²) in [5.74, 6) is -0.236. The molecule has 3 aromatic rings. The van der Waals surface area contributed by atoms with Crippen molar-refractivity contribution >= 4 is 29.6 Å². The number of nitrogens with one attached hydrogen (secondary N) is 2. The standard InChI is InChI=1S/C23H20ClN3O4/c1-30-20-9-7-15(11-18(20)24)19-10-8-16(31-19)12-26-27-23(29)21-17(13-25-22(21)28)14-5-3-2-4-6-14/h2-12,17,21H,13H2,1H3,(H,25,28)(H,27,29). The molecule has 2 unspecified atom stereocenters. The van der Waals surface area contributed by atoms with Crippen LogP contribution in [0.25, 0.3) is 11.3 Å². The molecule has 0 saturated carbocycles. The largest absolute Gasteiger partial charge is 0.495 e. The normalized spacial score (nSPS) is 18.2. The maximum atomic E-state index is 12.6. The highest BCUT2D eigenvalue weighted by Gasteiger charge is 2.40. The maximum Gasteiger partial charge on any atom is 0.253 e. The first kappa shape index (κ1) is 20.7. The third-order valence-electron chi connectivity index (χ3n) is 5.12. The summed E-state index contributed by atoms with van der Waals surface area (Å²) in [6, 6.07) is 18.3. The third kappa shape index (κ3) is 4.46. The minimum atomic E-state index is -0.840. The molecule has 0 aliphatic carbocycles. The molecule has 4 rings (SSSR count). The average Bonchev–Trinajstić information content (AvgIpc) is 3.41. The Balaban J connectivity index is 1.42. The Bertz CT molecular complexity index is 1130. The Morgan fingerprint density at radius 3 is 2.77 bits per heavy atom. The molecule has 1 fully saturated rings. The molecule has 1 saturated heterocycles. The van der Waals surface area contributed by atoms with E-state index in [2.05, 4.69) is 15.8 Å². The van der Waals surface area contributed by atoms with Crippen molar-refractivity contribution in [2.24, 2.45) is 11.0 Å². The number of hydrazone groups is 1. The lowest BCUT2D eigenvalue weighted by molar-refractivity contribution is -0.133. The molecule has 0 radical (unpaired) electrons. The summed E-state index contributed by atoms with van der Waals surface area (Å²) < 4.78 is 10.9. The van der Waals surface area contributed by atoms with E-state index >= 15 is 0 Å². The van der Waals surface area contributed by atoms with E-state index in [1.165, 1.54) is 6.21 Å². The number of hydrogen-bond acceptors (Lipinski definition) is 5. The van der Waals surface area contributed by atoms with Gasteiger partial charge in [-0.3, -0.25) is 9.59 Å². The van der Waals surface area contributed by atoms with Gasteiger partial charge < -0.3 is 14.5 Å². The molecule has 2 atom stereocenters. The Hall–Kier alpha value is -3.58. The first-order valence-corrected chi connectivity index (χ1v) is 10.0. The van der Waals surface area contributed by atoms with Crippen LogP contribution in [0.4, 0.5) is 0 Å². The van der Waals surface area contributed by atoms with Gasteiger partial charge in [-0.1, -0.05) is 41.9 Å². The van der Waals surface area contributed by atoms with Crippen molar-refractivity contribution in [1.29, 1.82) is 0 Å². The lowest BCUT2D eigenvalue weighted by atomic mass is 9.88. The molecule has 7 nitrogen and oxygen atoms in total. The molecular weight excluding hydrogens is 418 g/mol. The summed E-state index contributed by atoms with van der Waals surface area (Å²) in [5, 5.41) is 7.18. The number of hydrogen-bond donors (Lipinski definition) is 2. The van der Waals surface area contributed by atoms with Crippen LogP contribution in [0, 0.1) is 5.92 Å². The van der Waals surface area contributed by atoms with Gasteiger partial charge in [-0.05, 0) is 35.9 Å². The molecule has 158 valence electrons. The molecule has 31 heavy (non-hydrogen) atoms. The van der Waals surface area contributed by atoms with E-state index in [1.54, 1.807) is 31.4 Å². The minimum absolute atomic E-state index is 0.237. The molecule has 0 bridgehead atoms. The van der Waals surface area contributed by atoms with E-state index in [9.17, 15) is 9.59 Å². The summed E-state index contributed by atoms with van der Waals surface area (Å²) >= 11 is 6.16. The predicted octanol–water partition coefficient (Wildman–Crippen LogP) is 3.59. The van der Waals surface area contributed by atoms with Gasteiger partial charge in [0.05, 0.1) is 18.3 Å². The van der Waals surface area contributed by atoms with E-state index in [4.69, 9.17) is 20.8 Å². The number of carbonyl (C=O) groups excluding carboxylic acids is 2. The van der Waals surface area contributed by atoms with E-state index < -0.39 is 11.8 Å². The lowest BCUT2D eigenvalue weighted by Crippen LogP contribution is -2.34. The first-order chi connectivity index (χ1) is 15.1. The molecule has 1 aromatic heterocycles.